The molecule has 0 spiro atoms. The van der Waals surface area contributed by atoms with Gasteiger partial charge in [0.15, 0.2) is 0 Å². The smallest absolute Gasteiger partial charge is 0.374 e. The van der Waals surface area contributed by atoms with E-state index in [1.165, 1.54) is 18.2 Å². The first-order valence-corrected chi connectivity index (χ1v) is 5.18. The summed E-state index contributed by atoms with van der Waals surface area (Å²) in [7, 11) is 0. The zero-order valence-corrected chi connectivity index (χ0v) is 9.33. The molecule has 0 aliphatic carbocycles. The minimum absolute atomic E-state index is 0.0231. The molecule has 0 fully saturated rings. The van der Waals surface area contributed by atoms with Gasteiger partial charge in [0.25, 0.3) is 0 Å². The lowest BCUT2D eigenvalue weighted by Crippen LogP contribution is -2.16. The van der Waals surface area contributed by atoms with Gasteiger partial charge in [-0.3, -0.25) is 0 Å². The van der Waals surface area contributed by atoms with Crippen molar-refractivity contribution < 1.29 is 18.7 Å². The quantitative estimate of drug-likeness (QED) is 0.738. The molecule has 1 aliphatic rings. The number of fused-ring (bicyclic) bond motifs is 1. The van der Waals surface area contributed by atoms with Crippen molar-refractivity contribution in [3.8, 4) is 5.75 Å². The van der Waals surface area contributed by atoms with Crippen molar-refractivity contribution in [3.05, 3.63) is 48.0 Å². The molecule has 0 bridgehead atoms. The van der Waals surface area contributed by atoms with Gasteiger partial charge in [-0.15, -0.1) is 0 Å². The number of ether oxygens (including phenoxy) is 2. The van der Waals surface area contributed by atoms with Crippen LogP contribution in [-0.2, 0) is 9.53 Å². The molecule has 0 unspecified atom stereocenters. The SMILES string of the molecule is C=C1C=C(C(=O)OCC)Oc2cccc(F)c21. The third-order valence-electron chi connectivity index (χ3n) is 2.30. The highest BCUT2D eigenvalue weighted by Crippen LogP contribution is 2.34. The van der Waals surface area contributed by atoms with E-state index in [2.05, 4.69) is 6.58 Å². The Balaban J connectivity index is 2.36. The predicted octanol–water partition coefficient (Wildman–Crippen LogP) is 2.68. The fourth-order valence-corrected chi connectivity index (χ4v) is 1.58. The molecule has 0 amide bonds. The Morgan fingerprint density at radius 3 is 3.00 bits per heavy atom. The van der Waals surface area contributed by atoms with Crippen LogP contribution in [0.2, 0.25) is 0 Å². The molecule has 2 rings (SSSR count). The molecule has 1 aromatic carbocycles. The summed E-state index contributed by atoms with van der Waals surface area (Å²) in [4.78, 5) is 11.5. The molecule has 1 aromatic rings. The number of hydrogen-bond donors (Lipinski definition) is 0. The Morgan fingerprint density at radius 1 is 1.53 bits per heavy atom. The average Bonchev–Trinajstić information content (AvgIpc) is 2.29. The van der Waals surface area contributed by atoms with Crippen LogP contribution in [0, 0.1) is 5.82 Å². The van der Waals surface area contributed by atoms with E-state index in [9.17, 15) is 9.18 Å². The number of carbonyl (C=O) groups excluding carboxylic acids is 1. The Labute approximate surface area is 98.2 Å². The van der Waals surface area contributed by atoms with Crippen molar-refractivity contribution in [2.24, 2.45) is 0 Å². The van der Waals surface area contributed by atoms with Gasteiger partial charge in [-0.2, -0.15) is 0 Å². The first-order valence-electron chi connectivity index (χ1n) is 5.18. The minimum Gasteiger partial charge on any atom is -0.460 e. The zero-order valence-electron chi connectivity index (χ0n) is 9.33. The molecule has 4 heteroatoms. The highest BCUT2D eigenvalue weighted by atomic mass is 19.1. The third kappa shape index (κ3) is 2.06. The summed E-state index contributed by atoms with van der Waals surface area (Å²) < 4.78 is 23.6. The molecular weight excluding hydrogens is 223 g/mol. The van der Waals surface area contributed by atoms with E-state index in [0.717, 1.165) is 0 Å². The molecule has 0 atom stereocenters. The number of allylic oxidation sites excluding steroid dienone is 2. The number of benzene rings is 1. The lowest BCUT2D eigenvalue weighted by Gasteiger charge is -2.18. The highest BCUT2D eigenvalue weighted by molar-refractivity contribution is 5.93. The number of halogens is 1. The van der Waals surface area contributed by atoms with Gasteiger partial charge in [0.2, 0.25) is 5.76 Å². The largest absolute Gasteiger partial charge is 0.460 e. The molecule has 0 saturated carbocycles. The van der Waals surface area contributed by atoms with Crippen molar-refractivity contribution >= 4 is 11.5 Å². The van der Waals surface area contributed by atoms with Crippen LogP contribution in [0.15, 0.2) is 36.6 Å². The van der Waals surface area contributed by atoms with Crippen molar-refractivity contribution in [3.63, 3.8) is 0 Å². The van der Waals surface area contributed by atoms with E-state index in [0.29, 0.717) is 5.57 Å². The summed E-state index contributed by atoms with van der Waals surface area (Å²) in [6.07, 6.45) is 1.38. The van der Waals surface area contributed by atoms with E-state index in [1.807, 2.05) is 0 Å². The van der Waals surface area contributed by atoms with Crippen LogP contribution in [0.25, 0.3) is 5.57 Å². The molecule has 0 radical (unpaired) electrons. The van der Waals surface area contributed by atoms with Gasteiger partial charge < -0.3 is 9.47 Å². The molecule has 1 heterocycles. The molecule has 3 nitrogen and oxygen atoms in total. The van der Waals surface area contributed by atoms with Gasteiger partial charge in [-0.1, -0.05) is 12.6 Å². The monoisotopic (exact) mass is 234 g/mol. The van der Waals surface area contributed by atoms with Gasteiger partial charge >= 0.3 is 5.97 Å². The first-order chi connectivity index (χ1) is 8.13. The second-order valence-electron chi connectivity index (χ2n) is 3.47. The number of hydrogen-bond acceptors (Lipinski definition) is 3. The standard InChI is InChI=1S/C13H11FO3/c1-3-16-13(15)11-7-8(2)12-9(14)5-4-6-10(12)17-11/h4-7H,2-3H2,1H3. The second kappa shape index (κ2) is 4.41. The van der Waals surface area contributed by atoms with Crippen LogP contribution in [0.3, 0.4) is 0 Å². The lowest BCUT2D eigenvalue weighted by atomic mass is 10.0. The Hall–Kier alpha value is -2.10. The maximum Gasteiger partial charge on any atom is 0.374 e. The number of carbonyl (C=O) groups is 1. The van der Waals surface area contributed by atoms with Gasteiger partial charge in [0.05, 0.1) is 12.2 Å². The van der Waals surface area contributed by atoms with Crippen molar-refractivity contribution in [2.45, 2.75) is 6.92 Å². The van der Waals surface area contributed by atoms with Gasteiger partial charge in [0, 0.05) is 0 Å². The van der Waals surface area contributed by atoms with Crippen LogP contribution in [0.5, 0.6) is 5.75 Å². The summed E-state index contributed by atoms with van der Waals surface area (Å²) >= 11 is 0. The molecule has 1 aliphatic heterocycles. The second-order valence-corrected chi connectivity index (χ2v) is 3.47. The predicted molar refractivity (Wildman–Crippen MR) is 60.8 cm³/mol. The van der Waals surface area contributed by atoms with Crippen molar-refractivity contribution in [1.82, 2.24) is 0 Å². The molecule has 17 heavy (non-hydrogen) atoms. The maximum absolute atomic E-state index is 13.5. The van der Waals surface area contributed by atoms with E-state index in [4.69, 9.17) is 9.47 Å². The van der Waals surface area contributed by atoms with Crippen LogP contribution < -0.4 is 4.74 Å². The molecule has 0 N–H and O–H groups in total. The number of esters is 1. The first kappa shape index (κ1) is 11.4. The van der Waals surface area contributed by atoms with Gasteiger partial charge in [0.1, 0.15) is 11.6 Å². The fourth-order valence-electron chi connectivity index (χ4n) is 1.58. The zero-order chi connectivity index (χ0) is 12.4. The van der Waals surface area contributed by atoms with E-state index < -0.39 is 11.8 Å². The minimum atomic E-state index is -0.580. The van der Waals surface area contributed by atoms with Crippen LogP contribution in [0.1, 0.15) is 12.5 Å². The molecular formula is C13H11FO3. The summed E-state index contributed by atoms with van der Waals surface area (Å²) in [5.41, 5.74) is 0.674. The van der Waals surface area contributed by atoms with Crippen LogP contribution in [-0.4, -0.2) is 12.6 Å². The normalized spacial score (nSPS) is 13.5. The Morgan fingerprint density at radius 2 is 2.29 bits per heavy atom. The fraction of sp³-hybridized carbons (Fsp3) is 0.154. The van der Waals surface area contributed by atoms with E-state index >= 15 is 0 Å². The topological polar surface area (TPSA) is 35.5 Å². The Kier molecular flexibility index (Phi) is 2.95. The summed E-state index contributed by atoms with van der Waals surface area (Å²) in [6.45, 7) is 5.66. The van der Waals surface area contributed by atoms with Crippen molar-refractivity contribution in [1.29, 1.82) is 0 Å². The maximum atomic E-state index is 13.5. The number of rotatable bonds is 2. The highest BCUT2D eigenvalue weighted by Gasteiger charge is 2.23. The van der Waals surface area contributed by atoms with Gasteiger partial charge in [-0.05, 0) is 30.7 Å². The van der Waals surface area contributed by atoms with E-state index in [-0.39, 0.29) is 23.7 Å². The molecule has 88 valence electrons. The lowest BCUT2D eigenvalue weighted by molar-refractivity contribution is -0.141. The average molecular weight is 234 g/mol. The summed E-state index contributed by atoms with van der Waals surface area (Å²) in [5.74, 6) is -0.703. The molecule has 0 saturated heterocycles. The molecule has 0 aromatic heterocycles. The Bertz CT molecular complexity index is 517. The third-order valence-corrected chi connectivity index (χ3v) is 2.30. The van der Waals surface area contributed by atoms with Crippen LogP contribution >= 0.6 is 0 Å². The summed E-state index contributed by atoms with van der Waals surface area (Å²) in [6, 6.07) is 4.40. The van der Waals surface area contributed by atoms with Gasteiger partial charge in [-0.25, -0.2) is 9.18 Å². The summed E-state index contributed by atoms with van der Waals surface area (Å²) in [5, 5.41) is 0. The van der Waals surface area contributed by atoms with Crippen molar-refractivity contribution in [2.75, 3.05) is 6.61 Å². The van der Waals surface area contributed by atoms with Crippen LogP contribution in [0.4, 0.5) is 4.39 Å². The van der Waals surface area contributed by atoms with E-state index in [1.54, 1.807) is 13.0 Å².